The largest absolute Gasteiger partial charge is 0.316 e. The fourth-order valence-electron chi connectivity index (χ4n) is 3.07. The Kier molecular flexibility index (Phi) is 5.87. The Morgan fingerprint density at radius 2 is 1.74 bits per heavy atom. The van der Waals surface area contributed by atoms with Crippen molar-refractivity contribution in [2.45, 2.75) is 45.7 Å². The van der Waals surface area contributed by atoms with E-state index < -0.39 is 0 Å². The molecule has 1 saturated heterocycles. The first-order chi connectivity index (χ1) is 9.31. The van der Waals surface area contributed by atoms with Gasteiger partial charge in [0.25, 0.3) is 0 Å². The number of piperidine rings is 1. The van der Waals surface area contributed by atoms with E-state index in [-0.39, 0.29) is 0 Å². The van der Waals surface area contributed by atoms with Crippen molar-refractivity contribution in [1.82, 2.24) is 10.2 Å². The summed E-state index contributed by atoms with van der Waals surface area (Å²) in [6, 6.07) is 9.06. The van der Waals surface area contributed by atoms with Gasteiger partial charge in [0, 0.05) is 13.1 Å². The average molecular weight is 260 g/mol. The molecule has 1 aromatic carbocycles. The van der Waals surface area contributed by atoms with Crippen LogP contribution in [0.3, 0.4) is 0 Å². The van der Waals surface area contributed by atoms with Gasteiger partial charge in [-0.25, -0.2) is 0 Å². The number of benzene rings is 1. The molecule has 2 nitrogen and oxygen atoms in total. The second-order valence-electron chi connectivity index (χ2n) is 5.86. The molecule has 0 aromatic heterocycles. The van der Waals surface area contributed by atoms with Crippen molar-refractivity contribution in [3.8, 4) is 0 Å². The van der Waals surface area contributed by atoms with Crippen LogP contribution in [0.5, 0.6) is 0 Å². The minimum absolute atomic E-state index is 0.961. The molecular weight excluding hydrogens is 232 g/mol. The van der Waals surface area contributed by atoms with Crippen LogP contribution in [0, 0.1) is 5.92 Å². The van der Waals surface area contributed by atoms with Gasteiger partial charge < -0.3 is 5.32 Å². The molecule has 1 N–H and O–H groups in total. The molecule has 0 bridgehead atoms. The molecule has 0 amide bonds. The molecule has 0 spiro atoms. The Balaban J connectivity index is 1.78. The maximum absolute atomic E-state index is 3.19. The van der Waals surface area contributed by atoms with E-state index in [1.165, 1.54) is 49.9 Å². The molecule has 2 rings (SSSR count). The Morgan fingerprint density at radius 1 is 1.11 bits per heavy atom. The topological polar surface area (TPSA) is 15.3 Å². The summed E-state index contributed by atoms with van der Waals surface area (Å²) in [5.74, 6) is 0.985. The summed E-state index contributed by atoms with van der Waals surface area (Å²) in [7, 11) is 1.99. The molecule has 0 atom stereocenters. The molecule has 1 aromatic rings. The van der Waals surface area contributed by atoms with Crippen LogP contribution in [0.2, 0.25) is 0 Å². The molecule has 2 heteroatoms. The lowest BCUT2D eigenvalue weighted by atomic mass is 9.92. The second-order valence-corrected chi connectivity index (χ2v) is 5.86. The molecular formula is C17H28N2. The van der Waals surface area contributed by atoms with Gasteiger partial charge in [-0.15, -0.1) is 0 Å². The second kappa shape index (κ2) is 7.66. The predicted octanol–water partition coefficient (Wildman–Crippen LogP) is 3.42. The zero-order chi connectivity index (χ0) is 13.5. The van der Waals surface area contributed by atoms with Gasteiger partial charge >= 0.3 is 0 Å². The zero-order valence-electron chi connectivity index (χ0n) is 12.5. The highest BCUT2D eigenvalue weighted by Crippen LogP contribution is 2.22. The SMILES string of the molecule is CCCC1CCN(Cc2ccc(CNC)cc2)CC1. The van der Waals surface area contributed by atoms with Gasteiger partial charge in [-0.1, -0.05) is 44.0 Å². The lowest BCUT2D eigenvalue weighted by Crippen LogP contribution is -2.33. The van der Waals surface area contributed by atoms with Crippen LogP contribution in [0.25, 0.3) is 0 Å². The summed E-state index contributed by atoms with van der Waals surface area (Å²) >= 11 is 0. The number of nitrogens with one attached hydrogen (secondary N) is 1. The Labute approximate surface area is 118 Å². The zero-order valence-corrected chi connectivity index (χ0v) is 12.5. The first-order valence-electron chi connectivity index (χ1n) is 7.76. The molecule has 1 aliphatic rings. The minimum atomic E-state index is 0.961. The smallest absolute Gasteiger partial charge is 0.0233 e. The van der Waals surface area contributed by atoms with Gasteiger partial charge in [0.15, 0.2) is 0 Å². The highest BCUT2D eigenvalue weighted by molar-refractivity contribution is 5.22. The first-order valence-corrected chi connectivity index (χ1v) is 7.76. The van der Waals surface area contributed by atoms with E-state index in [4.69, 9.17) is 0 Å². The van der Waals surface area contributed by atoms with Crippen LogP contribution in [-0.4, -0.2) is 25.0 Å². The third-order valence-electron chi connectivity index (χ3n) is 4.21. The molecule has 0 aliphatic carbocycles. The van der Waals surface area contributed by atoms with E-state index >= 15 is 0 Å². The average Bonchev–Trinajstić information content (AvgIpc) is 2.44. The van der Waals surface area contributed by atoms with Gasteiger partial charge in [-0.05, 0) is 50.0 Å². The van der Waals surface area contributed by atoms with Crippen molar-refractivity contribution in [1.29, 1.82) is 0 Å². The molecule has 1 fully saturated rings. The monoisotopic (exact) mass is 260 g/mol. The van der Waals surface area contributed by atoms with E-state index in [0.29, 0.717) is 0 Å². The van der Waals surface area contributed by atoms with Crippen molar-refractivity contribution in [2.24, 2.45) is 5.92 Å². The number of hydrogen-bond acceptors (Lipinski definition) is 2. The highest BCUT2D eigenvalue weighted by atomic mass is 15.1. The summed E-state index contributed by atoms with van der Waals surface area (Å²) in [5.41, 5.74) is 2.82. The number of likely N-dealkylation sites (tertiary alicyclic amines) is 1. The summed E-state index contributed by atoms with van der Waals surface area (Å²) in [6.07, 6.45) is 5.56. The van der Waals surface area contributed by atoms with Crippen molar-refractivity contribution >= 4 is 0 Å². The van der Waals surface area contributed by atoms with E-state index in [1.54, 1.807) is 0 Å². The Bertz CT molecular complexity index is 350. The quantitative estimate of drug-likeness (QED) is 0.843. The van der Waals surface area contributed by atoms with Crippen molar-refractivity contribution < 1.29 is 0 Å². The molecule has 0 saturated carbocycles. The van der Waals surface area contributed by atoms with E-state index in [2.05, 4.69) is 41.4 Å². The van der Waals surface area contributed by atoms with Gasteiger partial charge in [0.05, 0.1) is 0 Å². The number of hydrogen-bond donors (Lipinski definition) is 1. The summed E-state index contributed by atoms with van der Waals surface area (Å²) < 4.78 is 0. The van der Waals surface area contributed by atoms with Gasteiger partial charge in [-0.3, -0.25) is 4.90 Å². The molecule has 106 valence electrons. The van der Waals surface area contributed by atoms with E-state index in [1.807, 2.05) is 7.05 Å². The van der Waals surface area contributed by atoms with Crippen molar-refractivity contribution in [2.75, 3.05) is 20.1 Å². The summed E-state index contributed by atoms with van der Waals surface area (Å²) in [5, 5.41) is 3.19. The molecule has 1 aliphatic heterocycles. The van der Waals surface area contributed by atoms with Gasteiger partial charge in [0.2, 0.25) is 0 Å². The predicted molar refractivity (Wildman–Crippen MR) is 82.1 cm³/mol. The van der Waals surface area contributed by atoms with Crippen molar-refractivity contribution in [3.63, 3.8) is 0 Å². The van der Waals surface area contributed by atoms with Crippen molar-refractivity contribution in [3.05, 3.63) is 35.4 Å². The summed E-state index contributed by atoms with van der Waals surface area (Å²) in [6.45, 7) is 6.95. The Hall–Kier alpha value is -0.860. The molecule has 19 heavy (non-hydrogen) atoms. The van der Waals surface area contributed by atoms with E-state index in [0.717, 1.165) is 19.0 Å². The standard InChI is InChI=1S/C17H28N2/c1-3-4-15-9-11-19(12-10-15)14-17-7-5-16(6-8-17)13-18-2/h5-8,15,18H,3-4,9-14H2,1-2H3. The minimum Gasteiger partial charge on any atom is -0.316 e. The fraction of sp³-hybridized carbons (Fsp3) is 0.647. The third kappa shape index (κ3) is 4.63. The van der Waals surface area contributed by atoms with Crippen LogP contribution in [0.1, 0.15) is 43.7 Å². The third-order valence-corrected chi connectivity index (χ3v) is 4.21. The van der Waals surface area contributed by atoms with Crippen LogP contribution < -0.4 is 5.32 Å². The molecule has 0 radical (unpaired) electrons. The number of nitrogens with zero attached hydrogens (tertiary/aromatic N) is 1. The number of rotatable bonds is 6. The molecule has 0 unspecified atom stereocenters. The first kappa shape index (κ1) is 14.5. The maximum Gasteiger partial charge on any atom is 0.0233 e. The fourth-order valence-corrected chi connectivity index (χ4v) is 3.07. The van der Waals surface area contributed by atoms with E-state index in [9.17, 15) is 0 Å². The van der Waals surface area contributed by atoms with Gasteiger partial charge in [0.1, 0.15) is 0 Å². The van der Waals surface area contributed by atoms with Crippen LogP contribution in [0.15, 0.2) is 24.3 Å². The Morgan fingerprint density at radius 3 is 2.32 bits per heavy atom. The lowest BCUT2D eigenvalue weighted by molar-refractivity contribution is 0.172. The molecule has 1 heterocycles. The lowest BCUT2D eigenvalue weighted by Gasteiger charge is -2.31. The van der Waals surface area contributed by atoms with Crippen LogP contribution in [0.4, 0.5) is 0 Å². The van der Waals surface area contributed by atoms with Crippen LogP contribution in [-0.2, 0) is 13.1 Å². The normalized spacial score (nSPS) is 17.8. The summed E-state index contributed by atoms with van der Waals surface area (Å²) in [4.78, 5) is 2.61. The van der Waals surface area contributed by atoms with Gasteiger partial charge in [-0.2, -0.15) is 0 Å². The highest BCUT2D eigenvalue weighted by Gasteiger charge is 2.18. The van der Waals surface area contributed by atoms with Crippen LogP contribution >= 0.6 is 0 Å². The maximum atomic E-state index is 3.19.